The van der Waals surface area contributed by atoms with E-state index in [1.165, 1.54) is 11.8 Å². The van der Waals surface area contributed by atoms with E-state index in [1.54, 1.807) is 23.1 Å². The summed E-state index contributed by atoms with van der Waals surface area (Å²) >= 11 is 8.57. The first kappa shape index (κ1) is 11.4. The van der Waals surface area contributed by atoms with Gasteiger partial charge in [-0.1, -0.05) is 11.6 Å². The van der Waals surface area contributed by atoms with Crippen molar-refractivity contribution in [2.24, 2.45) is 0 Å². The average Bonchev–Trinajstić information content (AvgIpc) is 2.76. The van der Waals surface area contributed by atoms with E-state index in [0.717, 1.165) is 17.5 Å². The highest BCUT2D eigenvalue weighted by Gasteiger charge is 2.39. The van der Waals surface area contributed by atoms with Gasteiger partial charge in [0.1, 0.15) is 5.37 Å². The van der Waals surface area contributed by atoms with Gasteiger partial charge >= 0.3 is 0 Å². The first-order valence-corrected chi connectivity index (χ1v) is 7.35. The summed E-state index contributed by atoms with van der Waals surface area (Å²) in [7, 11) is 0. The fourth-order valence-corrected chi connectivity index (χ4v) is 4.35. The largest absolute Gasteiger partial charge is 0.318 e. The van der Waals surface area contributed by atoms with Gasteiger partial charge in [0.05, 0.1) is 5.56 Å². The van der Waals surface area contributed by atoms with Crippen molar-refractivity contribution in [1.82, 2.24) is 4.90 Å². The van der Waals surface area contributed by atoms with Crippen LogP contribution in [0.5, 0.6) is 0 Å². The highest BCUT2D eigenvalue weighted by atomic mass is 35.5. The molecule has 1 aromatic carbocycles. The Morgan fingerprint density at radius 1 is 1.35 bits per heavy atom. The Labute approximate surface area is 112 Å². The van der Waals surface area contributed by atoms with Gasteiger partial charge in [-0.3, -0.25) is 9.59 Å². The molecular weight excluding hydrogens is 278 g/mol. The highest BCUT2D eigenvalue weighted by Crippen LogP contribution is 2.38. The summed E-state index contributed by atoms with van der Waals surface area (Å²) in [5.74, 6) is 0.731. The summed E-state index contributed by atoms with van der Waals surface area (Å²) in [5, 5.41) is 0.219. The van der Waals surface area contributed by atoms with Crippen LogP contribution in [0, 0.1) is 0 Å². The minimum Gasteiger partial charge on any atom is -0.318 e. The van der Waals surface area contributed by atoms with Crippen LogP contribution in [0.2, 0.25) is 5.02 Å². The van der Waals surface area contributed by atoms with Crippen molar-refractivity contribution in [1.29, 1.82) is 0 Å². The molecule has 2 heterocycles. The number of nitrogens with zero attached hydrogens (tertiary/aromatic N) is 1. The molecule has 3 rings (SSSR count). The smallest absolute Gasteiger partial charge is 0.256 e. The average molecular weight is 286 g/mol. The van der Waals surface area contributed by atoms with Gasteiger partial charge in [-0.25, -0.2) is 0 Å². The van der Waals surface area contributed by atoms with Crippen molar-refractivity contribution in [2.75, 3.05) is 12.3 Å². The first-order chi connectivity index (χ1) is 8.16. The van der Waals surface area contributed by atoms with Crippen molar-refractivity contribution < 1.29 is 9.59 Å². The lowest BCUT2D eigenvalue weighted by Crippen LogP contribution is -2.36. The van der Waals surface area contributed by atoms with E-state index in [-0.39, 0.29) is 16.4 Å². The van der Waals surface area contributed by atoms with E-state index in [1.807, 2.05) is 0 Å². The van der Waals surface area contributed by atoms with Crippen LogP contribution < -0.4 is 0 Å². The van der Waals surface area contributed by atoms with Crippen LogP contribution in [-0.4, -0.2) is 33.6 Å². The van der Waals surface area contributed by atoms with E-state index in [2.05, 4.69) is 0 Å². The van der Waals surface area contributed by atoms with Crippen LogP contribution in [0.3, 0.4) is 0 Å². The number of benzene rings is 1. The normalized spacial score (nSPS) is 23.4. The van der Waals surface area contributed by atoms with Gasteiger partial charge in [0.15, 0.2) is 0 Å². The van der Waals surface area contributed by atoms with E-state index >= 15 is 0 Å². The van der Waals surface area contributed by atoms with Crippen LogP contribution in [0.4, 0.5) is 0 Å². The Balaban J connectivity index is 2.12. The lowest BCUT2D eigenvalue weighted by Gasteiger charge is -2.19. The minimum absolute atomic E-state index is 0.0296. The maximum atomic E-state index is 12.3. The van der Waals surface area contributed by atoms with E-state index in [4.69, 9.17) is 11.6 Å². The van der Waals surface area contributed by atoms with Crippen molar-refractivity contribution in [3.63, 3.8) is 0 Å². The molecule has 1 atom stereocenters. The summed E-state index contributed by atoms with van der Waals surface area (Å²) in [5.41, 5.74) is 0.542. The van der Waals surface area contributed by atoms with E-state index in [0.29, 0.717) is 22.0 Å². The van der Waals surface area contributed by atoms with E-state index in [9.17, 15) is 9.59 Å². The van der Waals surface area contributed by atoms with Crippen molar-refractivity contribution >= 4 is 46.1 Å². The number of amides is 1. The summed E-state index contributed by atoms with van der Waals surface area (Å²) in [6.45, 7) is 0.631. The molecular formula is C11H8ClNO2S2. The van der Waals surface area contributed by atoms with Gasteiger partial charge in [0.2, 0.25) is 5.12 Å². The number of carbonyl (C=O) groups is 2. The van der Waals surface area contributed by atoms with Crippen LogP contribution in [-0.2, 0) is 4.79 Å². The number of hydrogen-bond acceptors (Lipinski definition) is 4. The maximum Gasteiger partial charge on any atom is 0.256 e. The third kappa shape index (κ3) is 1.86. The molecule has 0 saturated carbocycles. The van der Waals surface area contributed by atoms with Crippen LogP contribution >= 0.6 is 35.1 Å². The molecule has 1 saturated heterocycles. The van der Waals surface area contributed by atoms with Crippen molar-refractivity contribution in [2.45, 2.75) is 10.3 Å². The van der Waals surface area contributed by atoms with Crippen LogP contribution in [0.25, 0.3) is 0 Å². The molecule has 2 aliphatic rings. The van der Waals surface area contributed by atoms with Crippen molar-refractivity contribution in [3.05, 3.63) is 28.8 Å². The monoisotopic (exact) mass is 285 g/mol. The summed E-state index contributed by atoms with van der Waals surface area (Å²) < 4.78 is 0. The van der Waals surface area contributed by atoms with Crippen molar-refractivity contribution in [3.8, 4) is 0 Å². The molecule has 0 spiro atoms. The van der Waals surface area contributed by atoms with Crippen LogP contribution in [0.15, 0.2) is 23.1 Å². The molecule has 0 radical (unpaired) electrons. The van der Waals surface area contributed by atoms with Gasteiger partial charge in [0.25, 0.3) is 5.91 Å². The number of rotatable bonds is 0. The molecule has 1 aromatic rings. The minimum atomic E-state index is -0.335. The number of carbonyl (C=O) groups excluding carboxylic acids is 2. The van der Waals surface area contributed by atoms with Gasteiger partial charge in [0, 0.05) is 22.2 Å². The van der Waals surface area contributed by atoms with Gasteiger partial charge in [-0.15, -0.1) is 11.8 Å². The van der Waals surface area contributed by atoms with E-state index < -0.39 is 0 Å². The summed E-state index contributed by atoms with van der Waals surface area (Å²) in [6, 6.07) is 5.09. The zero-order chi connectivity index (χ0) is 12.0. The Bertz CT molecular complexity index is 520. The molecule has 1 unspecified atom stereocenters. The molecule has 6 heteroatoms. The predicted octanol–water partition coefficient (Wildman–Crippen LogP) is 2.49. The zero-order valence-electron chi connectivity index (χ0n) is 8.68. The Morgan fingerprint density at radius 3 is 3.00 bits per heavy atom. The van der Waals surface area contributed by atoms with Gasteiger partial charge < -0.3 is 4.90 Å². The molecule has 17 heavy (non-hydrogen) atoms. The quantitative estimate of drug-likeness (QED) is 0.734. The lowest BCUT2D eigenvalue weighted by molar-refractivity contribution is -0.112. The molecule has 1 fully saturated rings. The summed E-state index contributed by atoms with van der Waals surface area (Å²) in [4.78, 5) is 26.7. The topological polar surface area (TPSA) is 37.4 Å². The number of thioether (sulfide) groups is 2. The lowest BCUT2D eigenvalue weighted by atomic mass is 10.2. The molecule has 1 amide bonds. The molecule has 0 aliphatic carbocycles. The molecule has 3 nitrogen and oxygen atoms in total. The molecule has 88 valence electrons. The maximum absolute atomic E-state index is 12.3. The first-order valence-electron chi connectivity index (χ1n) is 5.10. The molecule has 0 bridgehead atoms. The Morgan fingerprint density at radius 2 is 2.18 bits per heavy atom. The van der Waals surface area contributed by atoms with Gasteiger partial charge in [-0.2, -0.15) is 0 Å². The Kier molecular flexibility index (Phi) is 2.84. The molecule has 0 N–H and O–H groups in total. The second-order valence-corrected chi connectivity index (χ2v) is 6.45. The highest BCUT2D eigenvalue weighted by molar-refractivity contribution is 8.16. The number of fused-ring (bicyclic) bond motifs is 2. The predicted molar refractivity (Wildman–Crippen MR) is 69.6 cm³/mol. The third-order valence-electron chi connectivity index (χ3n) is 2.74. The zero-order valence-corrected chi connectivity index (χ0v) is 11.1. The SMILES string of the molecule is O=C1Sc2ccc(Cl)cc2C(=O)N2CCSC12. The van der Waals surface area contributed by atoms with Gasteiger partial charge in [-0.05, 0) is 30.0 Å². The molecule has 2 aliphatic heterocycles. The number of hydrogen-bond donors (Lipinski definition) is 0. The Hall–Kier alpha value is -0.650. The summed E-state index contributed by atoms with van der Waals surface area (Å²) in [6.07, 6.45) is 0. The molecule has 0 aromatic heterocycles. The fourth-order valence-electron chi connectivity index (χ4n) is 1.95. The number of halogens is 1. The standard InChI is InChI=1S/C11H8ClNO2S2/c12-6-1-2-8-7(5-6)9(14)13-3-4-16-10(13)11(15)17-8/h1-2,5,10H,3-4H2. The fraction of sp³-hybridized carbons (Fsp3) is 0.273. The second kappa shape index (κ2) is 4.23. The second-order valence-electron chi connectivity index (χ2n) is 3.78. The third-order valence-corrected chi connectivity index (χ3v) is 5.32. The van der Waals surface area contributed by atoms with Crippen LogP contribution in [0.1, 0.15) is 10.4 Å².